The maximum absolute atomic E-state index is 13.5. The fourth-order valence-electron chi connectivity index (χ4n) is 1.06. The molecule has 5 nitrogen and oxygen atoms in total. The van der Waals surface area contributed by atoms with E-state index in [0.717, 1.165) is 0 Å². The summed E-state index contributed by atoms with van der Waals surface area (Å²) in [5.41, 5.74) is -7.04. The Hall–Kier alpha value is -1.63. The predicted molar refractivity (Wildman–Crippen MR) is 55.7 cm³/mol. The Balaban J connectivity index is 2.82. The van der Waals surface area contributed by atoms with Gasteiger partial charge in [0.15, 0.2) is 0 Å². The van der Waals surface area contributed by atoms with Crippen LogP contribution in [-0.2, 0) is 20.2 Å². The van der Waals surface area contributed by atoms with Crippen LogP contribution in [0, 0.1) is 0 Å². The average Bonchev–Trinajstić information content (AvgIpc) is 2.35. The first kappa shape index (κ1) is 18.4. The minimum Gasteiger partial charge on any atom is -0.433 e. The van der Waals surface area contributed by atoms with Gasteiger partial charge in [-0.2, -0.15) is 39.2 Å². The fourth-order valence-corrected chi connectivity index (χ4v) is 1.50. The first-order chi connectivity index (χ1) is 9.85. The van der Waals surface area contributed by atoms with Crippen molar-refractivity contribution in [1.82, 2.24) is 4.98 Å². The second-order valence-corrected chi connectivity index (χ2v) is 5.23. The van der Waals surface area contributed by atoms with Crippen molar-refractivity contribution in [3.63, 3.8) is 0 Å². The maximum Gasteiger partial charge on any atom is 0.523 e. The Morgan fingerprint density at radius 1 is 1.14 bits per heavy atom. The van der Waals surface area contributed by atoms with Crippen molar-refractivity contribution in [2.75, 3.05) is 6.61 Å². The predicted octanol–water partition coefficient (Wildman–Crippen LogP) is 2.64. The smallest absolute Gasteiger partial charge is 0.433 e. The number of halogens is 7. The van der Waals surface area contributed by atoms with Crippen molar-refractivity contribution in [3.05, 3.63) is 24.0 Å². The van der Waals surface area contributed by atoms with Crippen molar-refractivity contribution in [3.8, 4) is 5.75 Å². The normalized spacial score (nSPS) is 13.5. The van der Waals surface area contributed by atoms with Crippen LogP contribution in [-0.4, -0.2) is 32.1 Å². The molecule has 0 unspecified atom stereocenters. The summed E-state index contributed by atoms with van der Waals surface area (Å²) in [5.74, 6) is -4.78. The molecular weight excluding hydrogens is 351 g/mol. The lowest BCUT2D eigenvalue weighted by molar-refractivity contribution is -0.0763. The number of alkyl halides is 7. The number of pyridine rings is 1. The average molecular weight is 357 g/mol. The van der Waals surface area contributed by atoms with E-state index in [1.165, 1.54) is 0 Å². The van der Waals surface area contributed by atoms with E-state index in [0.29, 0.717) is 18.3 Å². The van der Waals surface area contributed by atoms with E-state index in [9.17, 15) is 39.2 Å². The maximum atomic E-state index is 13.5. The number of rotatable bonds is 6. The zero-order valence-electron chi connectivity index (χ0n) is 10.2. The third-order valence-corrected chi connectivity index (χ3v) is 3.01. The minimum atomic E-state index is -6.19. The molecule has 0 aliphatic heterocycles. The molecule has 126 valence electrons. The lowest BCUT2D eigenvalue weighted by Gasteiger charge is -2.16. The summed E-state index contributed by atoms with van der Waals surface area (Å²) in [6, 6.07) is 1.13. The summed E-state index contributed by atoms with van der Waals surface area (Å²) >= 11 is 0. The standard InChI is InChI=1S/C9H6F7NO4S/c10-7(11)21-5-1-2-6(17-3-5)8(12,13)4-20-22(18,19)9(14,15)16/h1-3,7H,4H2. The molecular formula is C9H6F7NO4S. The molecule has 0 aliphatic carbocycles. The van der Waals surface area contributed by atoms with E-state index in [-0.39, 0.29) is 0 Å². The van der Waals surface area contributed by atoms with E-state index in [1.807, 2.05) is 0 Å². The van der Waals surface area contributed by atoms with E-state index in [4.69, 9.17) is 0 Å². The van der Waals surface area contributed by atoms with Gasteiger partial charge in [-0.25, -0.2) is 0 Å². The molecule has 0 spiro atoms. The van der Waals surface area contributed by atoms with Crippen molar-refractivity contribution >= 4 is 10.1 Å². The summed E-state index contributed by atoms with van der Waals surface area (Å²) < 4.78 is 114. The summed E-state index contributed by atoms with van der Waals surface area (Å²) in [6.07, 6.45) is 0.466. The number of nitrogens with zero attached hydrogens (tertiary/aromatic N) is 1. The van der Waals surface area contributed by atoms with Crippen LogP contribution >= 0.6 is 0 Å². The molecule has 0 N–H and O–H groups in total. The molecule has 0 saturated carbocycles. The summed E-state index contributed by atoms with van der Waals surface area (Å²) in [4.78, 5) is 3.00. The molecule has 0 saturated heterocycles. The highest BCUT2D eigenvalue weighted by atomic mass is 32.2. The van der Waals surface area contributed by atoms with E-state index < -0.39 is 46.2 Å². The quantitative estimate of drug-likeness (QED) is 0.445. The van der Waals surface area contributed by atoms with Crippen LogP contribution in [0.4, 0.5) is 30.7 Å². The van der Waals surface area contributed by atoms with Crippen LogP contribution in [0.15, 0.2) is 18.3 Å². The topological polar surface area (TPSA) is 65.5 Å². The van der Waals surface area contributed by atoms with Gasteiger partial charge in [-0.15, -0.1) is 0 Å². The fraction of sp³-hybridized carbons (Fsp3) is 0.444. The number of ether oxygens (including phenoxy) is 1. The van der Waals surface area contributed by atoms with Gasteiger partial charge in [-0.3, -0.25) is 9.17 Å². The molecule has 22 heavy (non-hydrogen) atoms. The highest BCUT2D eigenvalue weighted by Gasteiger charge is 2.49. The van der Waals surface area contributed by atoms with Gasteiger partial charge in [0.2, 0.25) is 0 Å². The lowest BCUT2D eigenvalue weighted by Crippen LogP contribution is -2.31. The SMILES string of the molecule is O=S(=O)(OCC(F)(F)c1ccc(OC(F)F)cn1)C(F)(F)F. The monoisotopic (exact) mass is 357 g/mol. The summed E-state index contributed by atoms with van der Waals surface area (Å²) in [6.45, 7) is -5.38. The first-order valence-electron chi connectivity index (χ1n) is 5.10. The van der Waals surface area contributed by atoms with Crippen LogP contribution in [0.1, 0.15) is 5.69 Å². The molecule has 13 heteroatoms. The molecule has 0 aromatic carbocycles. The van der Waals surface area contributed by atoms with Crippen LogP contribution in [0.3, 0.4) is 0 Å². The third kappa shape index (κ3) is 4.69. The third-order valence-electron chi connectivity index (χ3n) is 2.02. The minimum absolute atomic E-state index is 0.466. The van der Waals surface area contributed by atoms with Gasteiger partial charge in [-0.05, 0) is 12.1 Å². The lowest BCUT2D eigenvalue weighted by atomic mass is 10.2. The van der Waals surface area contributed by atoms with Crippen LogP contribution in [0.25, 0.3) is 0 Å². The zero-order valence-corrected chi connectivity index (χ0v) is 11.0. The van der Waals surface area contributed by atoms with E-state index >= 15 is 0 Å². The Bertz CT molecular complexity index is 599. The van der Waals surface area contributed by atoms with Crippen LogP contribution in [0.2, 0.25) is 0 Å². The van der Waals surface area contributed by atoms with E-state index in [2.05, 4.69) is 13.9 Å². The molecule has 0 radical (unpaired) electrons. The van der Waals surface area contributed by atoms with Gasteiger partial charge in [0, 0.05) is 0 Å². The van der Waals surface area contributed by atoms with E-state index in [1.54, 1.807) is 0 Å². The molecule has 0 atom stereocenters. The van der Waals surface area contributed by atoms with Gasteiger partial charge >= 0.3 is 28.2 Å². The Kier molecular flexibility index (Phi) is 5.22. The first-order valence-corrected chi connectivity index (χ1v) is 6.51. The zero-order chi connectivity index (χ0) is 17.2. The Morgan fingerprint density at radius 3 is 2.14 bits per heavy atom. The summed E-state index contributed by atoms with van der Waals surface area (Å²) in [7, 11) is -6.19. The highest BCUT2D eigenvalue weighted by Crippen LogP contribution is 2.31. The molecule has 0 fully saturated rings. The number of aromatic nitrogens is 1. The highest BCUT2D eigenvalue weighted by molar-refractivity contribution is 7.87. The number of hydrogen-bond donors (Lipinski definition) is 0. The largest absolute Gasteiger partial charge is 0.523 e. The van der Waals surface area contributed by atoms with Crippen molar-refractivity contribution in [1.29, 1.82) is 0 Å². The molecule has 0 amide bonds. The Morgan fingerprint density at radius 2 is 1.73 bits per heavy atom. The van der Waals surface area contributed by atoms with Crippen molar-refractivity contribution in [2.24, 2.45) is 0 Å². The van der Waals surface area contributed by atoms with Gasteiger partial charge in [0.05, 0.1) is 6.20 Å². The van der Waals surface area contributed by atoms with Crippen molar-refractivity contribution < 1.29 is 48.1 Å². The molecule has 1 rings (SSSR count). The van der Waals surface area contributed by atoms with Gasteiger partial charge in [-0.1, -0.05) is 0 Å². The van der Waals surface area contributed by atoms with Gasteiger partial charge < -0.3 is 4.74 Å². The molecule has 1 aromatic heterocycles. The van der Waals surface area contributed by atoms with Crippen LogP contribution in [0.5, 0.6) is 5.75 Å². The summed E-state index contributed by atoms with van der Waals surface area (Å²) in [5, 5.41) is 0. The van der Waals surface area contributed by atoms with Crippen LogP contribution < -0.4 is 4.74 Å². The van der Waals surface area contributed by atoms with Gasteiger partial charge in [0.1, 0.15) is 18.1 Å². The Labute approximate surface area is 118 Å². The number of hydrogen-bond acceptors (Lipinski definition) is 5. The molecule has 0 bridgehead atoms. The van der Waals surface area contributed by atoms with Gasteiger partial charge in [0.25, 0.3) is 0 Å². The molecule has 1 heterocycles. The molecule has 0 aliphatic rings. The second-order valence-electron chi connectivity index (χ2n) is 3.62. The second kappa shape index (κ2) is 6.24. The molecule has 1 aromatic rings. The van der Waals surface area contributed by atoms with Crippen molar-refractivity contribution in [2.45, 2.75) is 18.0 Å².